The van der Waals surface area contributed by atoms with Gasteiger partial charge in [-0.1, -0.05) is 11.6 Å². The maximum absolute atomic E-state index is 5.83. The molecule has 14 heteroatoms. The van der Waals surface area contributed by atoms with Gasteiger partial charge in [0.2, 0.25) is 6.35 Å². The van der Waals surface area contributed by atoms with Gasteiger partial charge in [-0.3, -0.25) is 0 Å². The van der Waals surface area contributed by atoms with Gasteiger partial charge in [0.1, 0.15) is 5.17 Å². The van der Waals surface area contributed by atoms with E-state index in [0.717, 1.165) is 12.8 Å². The molecule has 0 amide bonds. The zero-order valence-electron chi connectivity index (χ0n) is 11.1. The number of ether oxygens (including phenoxy) is 1. The van der Waals surface area contributed by atoms with Crippen LogP contribution in [0.3, 0.4) is 0 Å². The summed E-state index contributed by atoms with van der Waals surface area (Å²) in [5.41, 5.74) is 0. The van der Waals surface area contributed by atoms with Gasteiger partial charge in [0.25, 0.3) is 0 Å². The Balaban J connectivity index is -0.0000000664. The van der Waals surface area contributed by atoms with Crippen molar-refractivity contribution in [1.82, 2.24) is 4.42 Å². The molecular weight excluding hydrogens is 437 g/mol. The molecule has 0 saturated heterocycles. The van der Waals surface area contributed by atoms with Crippen molar-refractivity contribution >= 4 is 48.9 Å². The van der Waals surface area contributed by atoms with Crippen LogP contribution >= 0.6 is 43.8 Å². The van der Waals surface area contributed by atoms with Gasteiger partial charge in [0, 0.05) is 18.0 Å². The second-order valence-corrected chi connectivity index (χ2v) is 5.58. The number of hydrogen-bond acceptors (Lipinski definition) is 3. The molecule has 1 atom stereocenters. The van der Waals surface area contributed by atoms with Crippen LogP contribution in [0, 0.1) is 0 Å². The normalized spacial score (nSPS) is 17.9. The molecule has 9 nitrogen and oxygen atoms in total. The summed E-state index contributed by atoms with van der Waals surface area (Å²) in [4.78, 5) is 4.05. The van der Waals surface area contributed by atoms with Gasteiger partial charge < -0.3 is 37.6 Å². The van der Waals surface area contributed by atoms with E-state index in [1.54, 1.807) is 12.3 Å². The summed E-state index contributed by atoms with van der Waals surface area (Å²) in [5, 5.41) is 0.432. The van der Waals surface area contributed by atoms with E-state index in [9.17, 15) is 0 Å². The Morgan fingerprint density at radius 3 is 1.91 bits per heavy atom. The molecule has 0 aromatic rings. The summed E-state index contributed by atoms with van der Waals surface area (Å²) in [6.45, 7) is 0. The zero-order chi connectivity index (χ0) is 12.0. The number of rotatable bonds is 2. The summed E-state index contributed by atoms with van der Waals surface area (Å²) in [5.74, 6) is 0. The summed E-state index contributed by atoms with van der Waals surface area (Å²) in [7, 11) is 9.40. The second kappa shape index (κ2) is 21.6. The molecule has 0 radical (unpaired) electrons. The molecule has 0 spiro atoms. The summed E-state index contributed by atoms with van der Waals surface area (Å²) in [6, 6.07) is 0. The Morgan fingerprint density at radius 1 is 1.09 bits per heavy atom. The maximum atomic E-state index is 5.83. The minimum atomic E-state index is -0.454. The van der Waals surface area contributed by atoms with Gasteiger partial charge >= 0.3 is 33.0 Å². The van der Waals surface area contributed by atoms with Gasteiger partial charge in [-0.05, 0) is 25.3 Å². The van der Waals surface area contributed by atoms with E-state index < -0.39 is 6.35 Å². The first-order valence-electron chi connectivity index (χ1n) is 4.51. The van der Waals surface area contributed by atoms with Crippen LogP contribution in [-0.4, -0.2) is 54.9 Å². The van der Waals surface area contributed by atoms with Crippen molar-refractivity contribution in [3.05, 3.63) is 12.3 Å². The molecule has 1 saturated carbocycles. The van der Waals surface area contributed by atoms with Crippen LogP contribution in [0.2, 0.25) is 0 Å². The van der Waals surface area contributed by atoms with E-state index >= 15 is 0 Å². The third-order valence-corrected chi connectivity index (χ3v) is 2.67. The van der Waals surface area contributed by atoms with E-state index in [-0.39, 0.29) is 32.9 Å². The predicted molar refractivity (Wildman–Crippen MR) is 86.0 cm³/mol. The van der Waals surface area contributed by atoms with Crippen molar-refractivity contribution in [2.45, 2.75) is 31.7 Å². The first kappa shape index (κ1) is 38.3. The third kappa shape index (κ3) is 14.2. The molecule has 1 aliphatic carbocycles. The fourth-order valence-corrected chi connectivity index (χ4v) is 1.46. The molecule has 1 heterocycles. The summed E-state index contributed by atoms with van der Waals surface area (Å²) >= 11 is 12.1. The van der Waals surface area contributed by atoms with E-state index in [1.807, 2.05) is 0 Å². The van der Waals surface area contributed by atoms with Crippen molar-refractivity contribution in [3.8, 4) is 0 Å². The SMILES string of the molecule is ClC1=NC(OC2CCC2)N(Cl)C=C1.O.O.O.O.O.O.[Cl][Ni][Cl]. The van der Waals surface area contributed by atoms with Crippen molar-refractivity contribution < 1.29 is 50.2 Å². The van der Waals surface area contributed by atoms with Crippen LogP contribution in [-0.2, 0) is 17.4 Å². The Morgan fingerprint density at radius 2 is 1.55 bits per heavy atom. The third-order valence-electron chi connectivity index (χ3n) is 2.17. The number of nitrogens with zero attached hydrogens (tertiary/aromatic N) is 2. The molecule has 1 unspecified atom stereocenters. The first-order valence-corrected chi connectivity index (χ1v) is 7.94. The molecular formula is C8H22Cl4N2NiO7. The van der Waals surface area contributed by atoms with E-state index in [4.69, 9.17) is 48.5 Å². The van der Waals surface area contributed by atoms with Crippen molar-refractivity contribution in [3.63, 3.8) is 0 Å². The molecule has 2 rings (SSSR count). The van der Waals surface area contributed by atoms with Gasteiger partial charge in [0.15, 0.2) is 0 Å². The Labute approximate surface area is 152 Å². The fraction of sp³-hybridized carbons (Fsp3) is 0.625. The van der Waals surface area contributed by atoms with Crippen LogP contribution in [0.1, 0.15) is 19.3 Å². The fourth-order valence-electron chi connectivity index (χ4n) is 1.18. The van der Waals surface area contributed by atoms with Crippen LogP contribution in [0.4, 0.5) is 0 Å². The topological polar surface area (TPSA) is 214 Å². The van der Waals surface area contributed by atoms with Gasteiger partial charge in [-0.15, -0.1) is 0 Å². The quantitative estimate of drug-likeness (QED) is 0.371. The molecule has 0 aromatic heterocycles. The molecule has 1 aliphatic heterocycles. The van der Waals surface area contributed by atoms with Gasteiger partial charge in [-0.2, -0.15) is 0 Å². The zero-order valence-corrected chi connectivity index (χ0v) is 15.1. The van der Waals surface area contributed by atoms with Gasteiger partial charge in [-0.25, -0.2) is 9.41 Å². The predicted octanol–water partition coefficient (Wildman–Crippen LogP) is -1.11. The summed E-state index contributed by atoms with van der Waals surface area (Å²) < 4.78 is 6.97. The standard InChI is InChI=1S/C8H10Cl2N2O.2ClH.Ni.6H2O/c9-7-4-5-12(10)8(11-7)13-6-2-1-3-6;;;;;;;;;/h4-6,8H,1-3H2;2*1H;;6*1H2/q;;;+2;;;;;;/p-2. The Hall–Kier alpha value is 0.584. The van der Waals surface area contributed by atoms with E-state index in [2.05, 4.69) is 4.99 Å². The van der Waals surface area contributed by atoms with Gasteiger partial charge in [0.05, 0.1) is 6.10 Å². The number of hydrogen-bond donors (Lipinski definition) is 0. The molecule has 22 heavy (non-hydrogen) atoms. The van der Waals surface area contributed by atoms with Crippen molar-refractivity contribution in [1.29, 1.82) is 0 Å². The Bertz CT molecular complexity index is 287. The van der Waals surface area contributed by atoms with Crippen molar-refractivity contribution in [2.24, 2.45) is 4.99 Å². The first-order chi connectivity index (χ1) is 7.67. The Kier molecular flexibility index (Phi) is 37.5. The average Bonchev–Trinajstić information content (AvgIpc) is 2.18. The molecule has 12 N–H and O–H groups in total. The van der Waals surface area contributed by atoms with E-state index in [0.29, 0.717) is 23.9 Å². The van der Waals surface area contributed by atoms with E-state index in [1.165, 1.54) is 10.8 Å². The van der Waals surface area contributed by atoms with Crippen LogP contribution in [0.15, 0.2) is 17.3 Å². The minimum absolute atomic E-state index is 0. The molecule has 144 valence electrons. The van der Waals surface area contributed by atoms with Crippen LogP contribution < -0.4 is 0 Å². The molecule has 2 aliphatic rings. The molecule has 1 fully saturated rings. The monoisotopic (exact) mass is 456 g/mol. The second-order valence-electron chi connectivity index (χ2n) is 3.17. The number of halogens is 4. The van der Waals surface area contributed by atoms with Crippen molar-refractivity contribution in [2.75, 3.05) is 0 Å². The number of aliphatic imine (C=N–C) groups is 1. The van der Waals surface area contributed by atoms with Crippen LogP contribution in [0.25, 0.3) is 0 Å². The van der Waals surface area contributed by atoms with Crippen LogP contribution in [0.5, 0.6) is 0 Å². The summed E-state index contributed by atoms with van der Waals surface area (Å²) in [6.07, 6.45) is 6.55. The molecule has 0 aromatic carbocycles. The number of allylic oxidation sites excluding steroid dienone is 1. The molecule has 0 bridgehead atoms. The average molecular weight is 459 g/mol.